The second-order valence-electron chi connectivity index (χ2n) is 6.41. The number of carbonyl (C=O) groups is 2. The van der Waals surface area contributed by atoms with Gasteiger partial charge in [-0.1, -0.05) is 15.9 Å². The van der Waals surface area contributed by atoms with E-state index in [1.807, 2.05) is 44.2 Å². The van der Waals surface area contributed by atoms with Gasteiger partial charge in [-0.15, -0.1) is 0 Å². The summed E-state index contributed by atoms with van der Waals surface area (Å²) in [7, 11) is 0. The first kappa shape index (κ1) is 17.7. The Balaban J connectivity index is 1.85. The van der Waals surface area contributed by atoms with Gasteiger partial charge >= 0.3 is 0 Å². The Morgan fingerprint density at radius 2 is 1.96 bits per heavy atom. The van der Waals surface area contributed by atoms with Gasteiger partial charge in [-0.05, 0) is 63.4 Å². The molecule has 6 heteroatoms. The molecule has 1 aliphatic heterocycles. The van der Waals surface area contributed by atoms with Crippen molar-refractivity contribution in [1.82, 2.24) is 15.2 Å². The van der Waals surface area contributed by atoms with E-state index in [-0.39, 0.29) is 11.8 Å². The van der Waals surface area contributed by atoms with Crippen LogP contribution in [0.4, 0.5) is 0 Å². The van der Waals surface area contributed by atoms with E-state index in [1.54, 1.807) is 0 Å². The average molecular weight is 404 g/mol. The summed E-state index contributed by atoms with van der Waals surface area (Å²) in [5, 5.41) is 5.75. The number of aryl methyl sites for hydroxylation is 1. The Morgan fingerprint density at radius 1 is 1.24 bits per heavy atom. The molecule has 0 bridgehead atoms. The van der Waals surface area contributed by atoms with Crippen LogP contribution >= 0.6 is 15.9 Å². The first-order valence-electron chi connectivity index (χ1n) is 8.51. The molecule has 132 valence electrons. The number of nitrogens with zero attached hydrogens (tertiary/aromatic N) is 1. The fraction of sp³-hybridized carbons (Fsp3) is 0.368. The van der Waals surface area contributed by atoms with E-state index in [1.165, 1.54) is 0 Å². The van der Waals surface area contributed by atoms with Crippen LogP contribution in [-0.4, -0.2) is 29.0 Å². The number of aromatic nitrogens is 1. The molecule has 0 saturated carbocycles. The van der Waals surface area contributed by atoms with Gasteiger partial charge in [0, 0.05) is 28.1 Å². The van der Waals surface area contributed by atoms with Crippen LogP contribution in [0.2, 0.25) is 0 Å². The van der Waals surface area contributed by atoms with E-state index >= 15 is 0 Å². The van der Waals surface area contributed by atoms with Crippen LogP contribution in [0, 0.1) is 13.8 Å². The maximum Gasteiger partial charge on any atom is 0.253 e. The summed E-state index contributed by atoms with van der Waals surface area (Å²) >= 11 is 3.44. The third-order valence-electron chi connectivity index (χ3n) is 4.60. The molecule has 0 radical (unpaired) electrons. The molecule has 3 rings (SSSR count). The summed E-state index contributed by atoms with van der Waals surface area (Å²) in [6, 6.07) is 9.38. The van der Waals surface area contributed by atoms with E-state index < -0.39 is 6.04 Å². The number of amides is 2. The lowest BCUT2D eigenvalue weighted by Gasteiger charge is -2.15. The van der Waals surface area contributed by atoms with Crippen molar-refractivity contribution in [2.24, 2.45) is 0 Å². The van der Waals surface area contributed by atoms with Crippen LogP contribution in [-0.2, 0) is 4.79 Å². The Labute approximate surface area is 155 Å². The van der Waals surface area contributed by atoms with Crippen LogP contribution in [0.1, 0.15) is 41.0 Å². The van der Waals surface area contributed by atoms with Crippen molar-refractivity contribution in [3.63, 3.8) is 0 Å². The maximum atomic E-state index is 12.7. The number of benzene rings is 1. The van der Waals surface area contributed by atoms with Gasteiger partial charge in [0.25, 0.3) is 5.91 Å². The van der Waals surface area contributed by atoms with Crippen LogP contribution in [0.25, 0.3) is 5.69 Å². The van der Waals surface area contributed by atoms with Crippen molar-refractivity contribution in [2.75, 3.05) is 6.54 Å². The van der Waals surface area contributed by atoms with Gasteiger partial charge in [0.1, 0.15) is 6.04 Å². The molecule has 0 spiro atoms. The second-order valence-corrected chi connectivity index (χ2v) is 7.33. The van der Waals surface area contributed by atoms with Crippen molar-refractivity contribution in [3.05, 3.63) is 51.8 Å². The summed E-state index contributed by atoms with van der Waals surface area (Å²) in [5.74, 6) is -0.286. The van der Waals surface area contributed by atoms with E-state index in [2.05, 4.69) is 31.1 Å². The molecule has 2 amide bonds. The molecule has 2 aromatic rings. The number of carbonyl (C=O) groups excluding carboxylic acids is 2. The molecule has 2 N–H and O–H groups in total. The Morgan fingerprint density at radius 3 is 2.68 bits per heavy atom. The van der Waals surface area contributed by atoms with Gasteiger partial charge in [0.2, 0.25) is 5.91 Å². The third-order valence-corrected chi connectivity index (χ3v) is 5.13. The van der Waals surface area contributed by atoms with E-state index in [0.717, 1.165) is 34.4 Å². The molecule has 1 atom stereocenters. The van der Waals surface area contributed by atoms with Crippen molar-refractivity contribution in [3.8, 4) is 5.69 Å². The van der Waals surface area contributed by atoms with Crippen LogP contribution < -0.4 is 10.6 Å². The van der Waals surface area contributed by atoms with Gasteiger partial charge in [0.05, 0.1) is 5.56 Å². The smallest absolute Gasteiger partial charge is 0.253 e. The van der Waals surface area contributed by atoms with Crippen molar-refractivity contribution in [1.29, 1.82) is 0 Å². The highest BCUT2D eigenvalue weighted by Crippen LogP contribution is 2.22. The number of halogens is 1. The zero-order chi connectivity index (χ0) is 18.0. The van der Waals surface area contributed by atoms with Crippen molar-refractivity contribution >= 4 is 27.7 Å². The van der Waals surface area contributed by atoms with E-state index in [0.29, 0.717) is 18.5 Å². The van der Waals surface area contributed by atoms with Crippen molar-refractivity contribution in [2.45, 2.75) is 39.2 Å². The standard InChI is InChI=1S/C19H22BrN3O2/c1-12-11-16(13(2)23(12)15-8-6-14(20)7-9-15)18(24)22-17-5-3-4-10-21-19(17)25/h6-9,11,17H,3-5,10H2,1-2H3,(H,21,25)(H,22,24)/t17-/m1/s1. The van der Waals surface area contributed by atoms with Gasteiger partial charge in [-0.3, -0.25) is 9.59 Å². The van der Waals surface area contributed by atoms with Gasteiger partial charge in [-0.2, -0.15) is 0 Å². The largest absolute Gasteiger partial charge is 0.354 e. The lowest BCUT2D eigenvalue weighted by Crippen LogP contribution is -2.45. The molecule has 1 saturated heterocycles. The summed E-state index contributed by atoms with van der Waals surface area (Å²) in [5.41, 5.74) is 3.46. The lowest BCUT2D eigenvalue weighted by atomic mass is 10.1. The minimum Gasteiger partial charge on any atom is -0.354 e. The SMILES string of the molecule is Cc1cc(C(=O)N[C@@H]2CCCCNC2=O)c(C)n1-c1ccc(Br)cc1. The summed E-state index contributed by atoms with van der Waals surface area (Å²) in [4.78, 5) is 24.8. The molecular weight excluding hydrogens is 382 g/mol. The fourth-order valence-electron chi connectivity index (χ4n) is 3.29. The molecule has 2 heterocycles. The molecule has 1 aromatic carbocycles. The van der Waals surface area contributed by atoms with Crippen LogP contribution in [0.5, 0.6) is 0 Å². The summed E-state index contributed by atoms with van der Waals surface area (Å²) in [6.45, 7) is 4.59. The Hall–Kier alpha value is -2.08. The number of hydrogen-bond donors (Lipinski definition) is 2. The summed E-state index contributed by atoms with van der Waals surface area (Å²) < 4.78 is 3.06. The molecule has 1 aliphatic rings. The molecule has 0 unspecified atom stereocenters. The van der Waals surface area contributed by atoms with E-state index in [4.69, 9.17) is 0 Å². The van der Waals surface area contributed by atoms with Crippen molar-refractivity contribution < 1.29 is 9.59 Å². The highest BCUT2D eigenvalue weighted by molar-refractivity contribution is 9.10. The van der Waals surface area contributed by atoms with E-state index in [9.17, 15) is 9.59 Å². The van der Waals surface area contributed by atoms with Gasteiger partial charge in [0.15, 0.2) is 0 Å². The molecule has 25 heavy (non-hydrogen) atoms. The van der Waals surface area contributed by atoms with Gasteiger partial charge < -0.3 is 15.2 Å². The molecule has 5 nitrogen and oxygen atoms in total. The first-order chi connectivity index (χ1) is 12.0. The predicted molar refractivity (Wildman–Crippen MR) is 101 cm³/mol. The number of rotatable bonds is 3. The zero-order valence-electron chi connectivity index (χ0n) is 14.4. The molecule has 1 fully saturated rings. The Kier molecular flexibility index (Phi) is 5.27. The Bertz CT molecular complexity index is 796. The topological polar surface area (TPSA) is 63.1 Å². The van der Waals surface area contributed by atoms with Gasteiger partial charge in [-0.25, -0.2) is 0 Å². The number of nitrogens with one attached hydrogen (secondary N) is 2. The monoisotopic (exact) mass is 403 g/mol. The molecular formula is C19H22BrN3O2. The fourth-order valence-corrected chi connectivity index (χ4v) is 3.56. The minimum absolute atomic E-state index is 0.0902. The van der Waals surface area contributed by atoms with Crippen LogP contribution in [0.3, 0.4) is 0 Å². The third kappa shape index (κ3) is 3.79. The predicted octanol–water partition coefficient (Wildman–Crippen LogP) is 3.26. The number of hydrogen-bond acceptors (Lipinski definition) is 2. The zero-order valence-corrected chi connectivity index (χ0v) is 16.0. The maximum absolute atomic E-state index is 12.7. The van der Waals surface area contributed by atoms with Crippen LogP contribution in [0.15, 0.2) is 34.8 Å². The first-order valence-corrected chi connectivity index (χ1v) is 9.30. The minimum atomic E-state index is -0.453. The highest BCUT2D eigenvalue weighted by atomic mass is 79.9. The normalized spacial score (nSPS) is 17.7. The highest BCUT2D eigenvalue weighted by Gasteiger charge is 2.25. The lowest BCUT2D eigenvalue weighted by molar-refractivity contribution is -0.122. The molecule has 1 aromatic heterocycles. The average Bonchev–Trinajstić information content (AvgIpc) is 2.74. The summed E-state index contributed by atoms with van der Waals surface area (Å²) in [6.07, 6.45) is 2.57. The molecule has 0 aliphatic carbocycles. The quantitative estimate of drug-likeness (QED) is 0.825. The second kappa shape index (κ2) is 7.44.